The number of hydrogen-bond donors (Lipinski definition) is 7. The molecule has 12 heteroatoms. The van der Waals surface area contributed by atoms with Crippen molar-refractivity contribution in [3.05, 3.63) is 29.8 Å². The fourth-order valence-electron chi connectivity index (χ4n) is 3.52. The SMILES string of the molecule is CC[C@H](C)[C@H](NC(=O)[C@@H](NC(=O)[C@H](Cc1ccc(O)cc1)NC(=O)[C@@H](N)CC(=O)O)[C@@H](C)CC)C(=O)O. The Morgan fingerprint density at radius 2 is 1.32 bits per heavy atom. The second-order valence-corrected chi connectivity index (χ2v) is 9.22. The lowest BCUT2D eigenvalue weighted by molar-refractivity contribution is -0.144. The Labute approximate surface area is 216 Å². The lowest BCUT2D eigenvalue weighted by Gasteiger charge is -2.29. The summed E-state index contributed by atoms with van der Waals surface area (Å²) in [6.45, 7) is 7.02. The Kier molecular flexibility index (Phi) is 12.5. The number of aromatic hydroxyl groups is 1. The molecular formula is C25H38N4O8. The van der Waals surface area contributed by atoms with Crippen LogP contribution in [0.2, 0.25) is 0 Å². The first-order valence-electron chi connectivity index (χ1n) is 12.2. The summed E-state index contributed by atoms with van der Waals surface area (Å²) < 4.78 is 0. The van der Waals surface area contributed by atoms with Crippen LogP contribution in [0.15, 0.2) is 24.3 Å². The van der Waals surface area contributed by atoms with Gasteiger partial charge in [-0.3, -0.25) is 19.2 Å². The van der Waals surface area contributed by atoms with Gasteiger partial charge < -0.3 is 37.0 Å². The molecule has 206 valence electrons. The highest BCUT2D eigenvalue weighted by Crippen LogP contribution is 2.14. The number of rotatable bonds is 15. The number of amides is 3. The van der Waals surface area contributed by atoms with Gasteiger partial charge in [-0.1, -0.05) is 52.7 Å². The van der Waals surface area contributed by atoms with E-state index in [1.807, 2.05) is 0 Å². The third-order valence-electron chi connectivity index (χ3n) is 6.31. The third-order valence-corrected chi connectivity index (χ3v) is 6.31. The largest absolute Gasteiger partial charge is 0.508 e. The number of hydrogen-bond acceptors (Lipinski definition) is 7. The molecule has 0 unspecified atom stereocenters. The second kappa shape index (κ2) is 14.8. The van der Waals surface area contributed by atoms with E-state index in [4.69, 9.17) is 10.8 Å². The average molecular weight is 523 g/mol. The quantitative estimate of drug-likeness (QED) is 0.169. The van der Waals surface area contributed by atoms with Gasteiger partial charge in [-0.15, -0.1) is 0 Å². The van der Waals surface area contributed by atoms with Gasteiger partial charge in [-0.2, -0.15) is 0 Å². The molecule has 0 fully saturated rings. The minimum absolute atomic E-state index is 0.0000607. The van der Waals surface area contributed by atoms with Gasteiger partial charge in [-0.05, 0) is 29.5 Å². The Morgan fingerprint density at radius 1 is 0.811 bits per heavy atom. The number of aliphatic carboxylic acids is 2. The van der Waals surface area contributed by atoms with Crippen molar-refractivity contribution in [2.24, 2.45) is 17.6 Å². The Bertz CT molecular complexity index is 953. The summed E-state index contributed by atoms with van der Waals surface area (Å²) in [5, 5.41) is 35.6. The van der Waals surface area contributed by atoms with Gasteiger partial charge in [0.1, 0.15) is 23.9 Å². The number of phenols is 1. The second-order valence-electron chi connectivity index (χ2n) is 9.22. The summed E-state index contributed by atoms with van der Waals surface area (Å²) in [5.74, 6) is -5.49. The van der Waals surface area contributed by atoms with Crippen LogP contribution in [0.4, 0.5) is 0 Å². The van der Waals surface area contributed by atoms with Gasteiger partial charge in [0.2, 0.25) is 17.7 Å². The molecule has 0 heterocycles. The zero-order valence-corrected chi connectivity index (χ0v) is 21.6. The summed E-state index contributed by atoms with van der Waals surface area (Å²) in [5.41, 5.74) is 6.21. The zero-order valence-electron chi connectivity index (χ0n) is 21.6. The van der Waals surface area contributed by atoms with Crippen LogP contribution in [0.1, 0.15) is 52.5 Å². The van der Waals surface area contributed by atoms with E-state index in [1.54, 1.807) is 39.8 Å². The van der Waals surface area contributed by atoms with E-state index < -0.39 is 60.2 Å². The van der Waals surface area contributed by atoms with Crippen LogP contribution >= 0.6 is 0 Å². The lowest BCUT2D eigenvalue weighted by atomic mass is 9.94. The molecule has 6 atom stereocenters. The molecule has 0 spiro atoms. The van der Waals surface area contributed by atoms with E-state index in [0.29, 0.717) is 18.4 Å². The van der Waals surface area contributed by atoms with Crippen molar-refractivity contribution in [2.75, 3.05) is 0 Å². The van der Waals surface area contributed by atoms with Gasteiger partial charge in [0.25, 0.3) is 0 Å². The normalized spacial score (nSPS) is 15.8. The van der Waals surface area contributed by atoms with Crippen LogP contribution in [-0.4, -0.2) is 69.1 Å². The van der Waals surface area contributed by atoms with Crippen molar-refractivity contribution < 1.29 is 39.3 Å². The van der Waals surface area contributed by atoms with Crippen LogP contribution in [0, 0.1) is 11.8 Å². The predicted octanol–water partition coefficient (Wildman–Crippen LogP) is 0.368. The first-order chi connectivity index (χ1) is 17.3. The molecule has 0 aliphatic carbocycles. The average Bonchev–Trinajstić information content (AvgIpc) is 2.84. The molecule has 8 N–H and O–H groups in total. The van der Waals surface area contributed by atoms with E-state index in [-0.39, 0.29) is 24.0 Å². The van der Waals surface area contributed by atoms with E-state index in [9.17, 15) is 34.2 Å². The highest BCUT2D eigenvalue weighted by atomic mass is 16.4. The maximum Gasteiger partial charge on any atom is 0.326 e. The summed E-state index contributed by atoms with van der Waals surface area (Å²) in [6, 6.07) is 0.993. The van der Waals surface area contributed by atoms with Crippen LogP contribution in [-0.2, 0) is 30.4 Å². The van der Waals surface area contributed by atoms with E-state index in [0.717, 1.165) is 0 Å². The molecule has 0 saturated carbocycles. The highest BCUT2D eigenvalue weighted by Gasteiger charge is 2.34. The van der Waals surface area contributed by atoms with Crippen LogP contribution < -0.4 is 21.7 Å². The van der Waals surface area contributed by atoms with Crippen LogP contribution in [0.5, 0.6) is 5.75 Å². The van der Waals surface area contributed by atoms with Crippen molar-refractivity contribution in [3.8, 4) is 5.75 Å². The Hall–Kier alpha value is -3.67. The molecule has 37 heavy (non-hydrogen) atoms. The van der Waals surface area contributed by atoms with Crippen molar-refractivity contribution in [1.82, 2.24) is 16.0 Å². The summed E-state index contributed by atoms with van der Waals surface area (Å²) >= 11 is 0. The molecule has 0 aromatic heterocycles. The molecule has 1 rings (SSSR count). The maximum absolute atomic E-state index is 13.3. The van der Waals surface area contributed by atoms with Crippen molar-refractivity contribution in [3.63, 3.8) is 0 Å². The number of carbonyl (C=O) groups excluding carboxylic acids is 3. The standard InChI is InChI=1S/C25H38N4O8/c1-5-13(3)20(24(35)29-21(25(36)37)14(4)6-2)28-23(34)18(11-15-7-9-16(30)10-8-15)27-22(33)17(26)12-19(31)32/h7-10,13-14,17-18,20-21,30H,5-6,11-12,26H2,1-4H3,(H,27,33)(H,28,34)(H,29,35)(H,31,32)(H,36,37)/t13-,14-,17-,18-,20-,21-/m0/s1. The zero-order chi connectivity index (χ0) is 28.3. The minimum atomic E-state index is -1.41. The molecule has 0 saturated heterocycles. The number of carbonyl (C=O) groups is 5. The van der Waals surface area contributed by atoms with Gasteiger partial charge in [0.05, 0.1) is 12.5 Å². The molecule has 3 amide bonds. The lowest BCUT2D eigenvalue weighted by Crippen LogP contribution is -2.59. The van der Waals surface area contributed by atoms with Crippen LogP contribution in [0.3, 0.4) is 0 Å². The molecule has 0 bridgehead atoms. The van der Waals surface area contributed by atoms with E-state index >= 15 is 0 Å². The Morgan fingerprint density at radius 3 is 1.81 bits per heavy atom. The van der Waals surface area contributed by atoms with Crippen molar-refractivity contribution >= 4 is 29.7 Å². The van der Waals surface area contributed by atoms with Crippen molar-refractivity contribution in [1.29, 1.82) is 0 Å². The predicted molar refractivity (Wildman–Crippen MR) is 134 cm³/mol. The minimum Gasteiger partial charge on any atom is -0.508 e. The monoisotopic (exact) mass is 522 g/mol. The van der Waals surface area contributed by atoms with E-state index in [1.165, 1.54) is 12.1 Å². The number of nitrogens with one attached hydrogen (secondary N) is 3. The number of nitrogens with two attached hydrogens (primary N) is 1. The number of carboxylic acids is 2. The first-order valence-corrected chi connectivity index (χ1v) is 12.2. The summed E-state index contributed by atoms with van der Waals surface area (Å²) in [6.07, 6.45) is 0.299. The highest BCUT2D eigenvalue weighted by molar-refractivity contribution is 5.95. The summed E-state index contributed by atoms with van der Waals surface area (Å²) in [7, 11) is 0. The molecule has 0 aliphatic heterocycles. The fourth-order valence-corrected chi connectivity index (χ4v) is 3.52. The topological polar surface area (TPSA) is 208 Å². The maximum atomic E-state index is 13.3. The molecule has 1 aromatic carbocycles. The molecule has 12 nitrogen and oxygen atoms in total. The Balaban J connectivity index is 3.19. The fraction of sp³-hybridized carbons (Fsp3) is 0.560. The van der Waals surface area contributed by atoms with Gasteiger partial charge >= 0.3 is 11.9 Å². The van der Waals surface area contributed by atoms with Crippen molar-refractivity contribution in [2.45, 2.75) is 77.5 Å². The molecule has 0 radical (unpaired) electrons. The smallest absolute Gasteiger partial charge is 0.326 e. The van der Waals surface area contributed by atoms with E-state index in [2.05, 4.69) is 16.0 Å². The van der Waals surface area contributed by atoms with Crippen LogP contribution in [0.25, 0.3) is 0 Å². The van der Waals surface area contributed by atoms with Gasteiger partial charge in [0, 0.05) is 6.42 Å². The number of carboxylic acid groups (broad SMARTS) is 2. The molecule has 1 aromatic rings. The first kappa shape index (κ1) is 31.4. The molecular weight excluding hydrogens is 484 g/mol. The molecule has 0 aliphatic rings. The van der Waals surface area contributed by atoms with Gasteiger partial charge in [0.15, 0.2) is 0 Å². The summed E-state index contributed by atoms with van der Waals surface area (Å²) in [4.78, 5) is 61.6. The number of phenolic OH excluding ortho intramolecular Hbond substituents is 1. The van der Waals surface area contributed by atoms with Gasteiger partial charge in [-0.25, -0.2) is 4.79 Å². The number of benzene rings is 1. The third kappa shape index (κ3) is 10.1.